The van der Waals surface area contributed by atoms with E-state index >= 15 is 0 Å². The molecule has 0 bridgehead atoms. The maximum atomic E-state index is 5.88. The maximum absolute atomic E-state index is 5.88. The molecule has 0 atom stereocenters. The summed E-state index contributed by atoms with van der Waals surface area (Å²) in [6.45, 7) is 6.27. The van der Waals surface area contributed by atoms with Crippen LogP contribution < -0.4 is 14.2 Å². The van der Waals surface area contributed by atoms with Gasteiger partial charge in [-0.3, -0.25) is 4.90 Å². The first-order valence-corrected chi connectivity index (χ1v) is 7.99. The van der Waals surface area contributed by atoms with Gasteiger partial charge in [-0.2, -0.15) is 0 Å². The van der Waals surface area contributed by atoms with Crippen LogP contribution in [0.3, 0.4) is 0 Å². The van der Waals surface area contributed by atoms with E-state index in [9.17, 15) is 0 Å². The predicted octanol–water partition coefficient (Wildman–Crippen LogP) is 2.22. The van der Waals surface area contributed by atoms with Gasteiger partial charge in [-0.25, -0.2) is 4.98 Å². The predicted molar refractivity (Wildman–Crippen MR) is 85.4 cm³/mol. The van der Waals surface area contributed by atoms with E-state index in [1.54, 1.807) is 7.11 Å². The zero-order chi connectivity index (χ0) is 16.5. The molecule has 2 aliphatic heterocycles. The highest BCUT2D eigenvalue weighted by molar-refractivity contribution is 5.66. The average Bonchev–Trinajstić information content (AvgIpc) is 3.22. The Balaban J connectivity index is 1.62. The topological polar surface area (TPSA) is 66.2 Å². The summed E-state index contributed by atoms with van der Waals surface area (Å²) in [6.07, 6.45) is 0. The fourth-order valence-electron chi connectivity index (χ4n) is 2.92. The summed E-state index contributed by atoms with van der Waals surface area (Å²) in [5, 5.41) is 0. The van der Waals surface area contributed by atoms with Gasteiger partial charge in [-0.15, -0.1) is 0 Å². The molecule has 128 valence electrons. The number of aromatic nitrogens is 1. The monoisotopic (exact) mass is 332 g/mol. The first-order chi connectivity index (χ1) is 11.7. The van der Waals surface area contributed by atoms with E-state index in [-0.39, 0.29) is 6.79 Å². The molecule has 1 fully saturated rings. The van der Waals surface area contributed by atoms with Gasteiger partial charge in [0.1, 0.15) is 5.76 Å². The Kier molecular flexibility index (Phi) is 4.03. The summed E-state index contributed by atoms with van der Waals surface area (Å²) in [6, 6.07) is 3.73. The van der Waals surface area contributed by atoms with Gasteiger partial charge in [0.2, 0.25) is 18.4 Å². The number of oxazole rings is 1. The normalized spacial score (nSPS) is 17.2. The summed E-state index contributed by atoms with van der Waals surface area (Å²) in [7, 11) is 1.60. The maximum Gasteiger partial charge on any atom is 0.231 e. The van der Waals surface area contributed by atoms with Gasteiger partial charge in [0.05, 0.1) is 26.0 Å². The molecule has 0 unspecified atom stereocenters. The van der Waals surface area contributed by atoms with Crippen LogP contribution >= 0.6 is 0 Å². The van der Waals surface area contributed by atoms with E-state index in [2.05, 4.69) is 9.88 Å². The van der Waals surface area contributed by atoms with Gasteiger partial charge >= 0.3 is 0 Å². The van der Waals surface area contributed by atoms with Crippen molar-refractivity contribution in [3.63, 3.8) is 0 Å². The molecule has 0 saturated carbocycles. The lowest BCUT2D eigenvalue weighted by Gasteiger charge is -2.25. The SMILES string of the molecule is COc1cc(-c2nc(CN3CCOCC3)c(C)o2)cc2c1OCO2. The molecule has 2 aromatic rings. The lowest BCUT2D eigenvalue weighted by atomic mass is 10.2. The number of aryl methyl sites for hydroxylation is 1. The van der Waals surface area contributed by atoms with Crippen molar-refractivity contribution in [1.82, 2.24) is 9.88 Å². The van der Waals surface area contributed by atoms with E-state index in [0.717, 1.165) is 49.9 Å². The van der Waals surface area contributed by atoms with Crippen molar-refractivity contribution >= 4 is 0 Å². The first-order valence-electron chi connectivity index (χ1n) is 7.99. The summed E-state index contributed by atoms with van der Waals surface area (Å²) >= 11 is 0. The minimum Gasteiger partial charge on any atom is -0.493 e. The van der Waals surface area contributed by atoms with Crippen LogP contribution in [0.4, 0.5) is 0 Å². The third kappa shape index (κ3) is 2.81. The lowest BCUT2D eigenvalue weighted by Crippen LogP contribution is -2.35. The zero-order valence-corrected chi connectivity index (χ0v) is 13.8. The molecule has 0 N–H and O–H groups in total. The van der Waals surface area contributed by atoms with E-state index in [0.29, 0.717) is 23.1 Å². The van der Waals surface area contributed by atoms with Crippen LogP contribution in [-0.2, 0) is 11.3 Å². The summed E-state index contributed by atoms with van der Waals surface area (Å²) < 4.78 is 27.5. The number of benzene rings is 1. The molecule has 0 radical (unpaired) electrons. The fourth-order valence-corrected chi connectivity index (χ4v) is 2.92. The Morgan fingerprint density at radius 2 is 2.04 bits per heavy atom. The van der Waals surface area contributed by atoms with Crippen LogP contribution in [0.25, 0.3) is 11.5 Å². The Bertz CT molecular complexity index is 737. The largest absolute Gasteiger partial charge is 0.493 e. The quantitative estimate of drug-likeness (QED) is 0.850. The second-order valence-corrected chi connectivity index (χ2v) is 5.82. The van der Waals surface area contributed by atoms with E-state index in [4.69, 9.17) is 23.4 Å². The number of hydrogen-bond donors (Lipinski definition) is 0. The molecule has 0 amide bonds. The van der Waals surface area contributed by atoms with Crippen LogP contribution in [0.5, 0.6) is 17.2 Å². The lowest BCUT2D eigenvalue weighted by molar-refractivity contribution is 0.0335. The second-order valence-electron chi connectivity index (χ2n) is 5.82. The fraction of sp³-hybridized carbons (Fsp3) is 0.471. The molecule has 1 aromatic heterocycles. The van der Waals surface area contributed by atoms with E-state index in [1.807, 2.05) is 19.1 Å². The molecule has 1 aromatic carbocycles. The van der Waals surface area contributed by atoms with Crippen molar-refractivity contribution in [2.75, 3.05) is 40.2 Å². The summed E-state index contributed by atoms with van der Waals surface area (Å²) in [5.74, 6) is 3.28. The molecule has 7 nitrogen and oxygen atoms in total. The number of ether oxygens (including phenoxy) is 4. The third-order valence-corrected chi connectivity index (χ3v) is 4.28. The highest BCUT2D eigenvalue weighted by Crippen LogP contribution is 2.44. The van der Waals surface area contributed by atoms with Crippen LogP contribution in [0, 0.1) is 6.92 Å². The van der Waals surface area contributed by atoms with Gasteiger partial charge in [0.15, 0.2) is 11.5 Å². The van der Waals surface area contributed by atoms with Crippen LogP contribution in [-0.4, -0.2) is 50.1 Å². The smallest absolute Gasteiger partial charge is 0.231 e. The molecular formula is C17H20N2O5. The Morgan fingerprint density at radius 3 is 2.83 bits per heavy atom. The van der Waals surface area contributed by atoms with Crippen molar-refractivity contribution in [1.29, 1.82) is 0 Å². The summed E-state index contributed by atoms with van der Waals surface area (Å²) in [4.78, 5) is 6.99. The van der Waals surface area contributed by atoms with Crippen molar-refractivity contribution in [3.05, 3.63) is 23.6 Å². The number of rotatable bonds is 4. The molecule has 1 saturated heterocycles. The minimum atomic E-state index is 0.196. The average molecular weight is 332 g/mol. The Labute approximate surface area is 140 Å². The van der Waals surface area contributed by atoms with Crippen LogP contribution in [0.15, 0.2) is 16.5 Å². The molecule has 24 heavy (non-hydrogen) atoms. The van der Waals surface area contributed by atoms with Crippen molar-refractivity contribution in [3.8, 4) is 28.7 Å². The Morgan fingerprint density at radius 1 is 1.21 bits per heavy atom. The van der Waals surface area contributed by atoms with Crippen LogP contribution in [0.2, 0.25) is 0 Å². The van der Waals surface area contributed by atoms with Gasteiger partial charge in [-0.05, 0) is 19.1 Å². The second kappa shape index (κ2) is 6.33. The van der Waals surface area contributed by atoms with Crippen LogP contribution in [0.1, 0.15) is 11.5 Å². The minimum absolute atomic E-state index is 0.196. The van der Waals surface area contributed by atoms with Crippen molar-refractivity contribution in [2.24, 2.45) is 0 Å². The van der Waals surface area contributed by atoms with Crippen molar-refractivity contribution in [2.45, 2.75) is 13.5 Å². The number of nitrogens with zero attached hydrogens (tertiary/aromatic N) is 2. The van der Waals surface area contributed by atoms with Crippen molar-refractivity contribution < 1.29 is 23.4 Å². The third-order valence-electron chi connectivity index (χ3n) is 4.28. The number of hydrogen-bond acceptors (Lipinski definition) is 7. The highest BCUT2D eigenvalue weighted by atomic mass is 16.7. The van der Waals surface area contributed by atoms with Gasteiger partial charge in [0, 0.05) is 25.2 Å². The molecule has 3 heterocycles. The van der Waals surface area contributed by atoms with Gasteiger partial charge < -0.3 is 23.4 Å². The molecule has 4 rings (SSSR count). The molecule has 0 spiro atoms. The standard InChI is InChI=1S/C17H20N2O5/c1-11-13(9-19-3-5-21-6-4-19)18-17(24-11)12-7-14(20-2)16-15(8-12)22-10-23-16/h7-8H,3-6,9-10H2,1-2H3. The van der Waals surface area contributed by atoms with Gasteiger partial charge in [-0.1, -0.05) is 0 Å². The Hall–Kier alpha value is -2.25. The number of fused-ring (bicyclic) bond motifs is 1. The highest BCUT2D eigenvalue weighted by Gasteiger charge is 2.23. The first kappa shape index (κ1) is 15.3. The molecule has 7 heteroatoms. The number of methoxy groups -OCH3 is 1. The van der Waals surface area contributed by atoms with E-state index in [1.165, 1.54) is 0 Å². The van der Waals surface area contributed by atoms with E-state index < -0.39 is 0 Å². The molecule has 0 aliphatic carbocycles. The molecular weight excluding hydrogens is 312 g/mol. The number of morpholine rings is 1. The van der Waals surface area contributed by atoms with Gasteiger partial charge in [0.25, 0.3) is 0 Å². The molecule has 2 aliphatic rings. The zero-order valence-electron chi connectivity index (χ0n) is 13.8. The summed E-state index contributed by atoms with van der Waals surface area (Å²) in [5.41, 5.74) is 1.76.